The molecule has 0 aromatic heterocycles. The molecular weight excluding hydrogens is 302 g/mol. The predicted molar refractivity (Wildman–Crippen MR) is 95.0 cm³/mol. The molecule has 0 aliphatic carbocycles. The lowest BCUT2D eigenvalue weighted by Crippen LogP contribution is -2.21. The van der Waals surface area contributed by atoms with E-state index in [1.165, 1.54) is 5.56 Å². The molecule has 0 bridgehead atoms. The summed E-state index contributed by atoms with van der Waals surface area (Å²) in [5, 5.41) is 2.74. The van der Waals surface area contributed by atoms with Crippen LogP contribution in [0.25, 0.3) is 0 Å². The molecule has 0 saturated heterocycles. The summed E-state index contributed by atoms with van der Waals surface area (Å²) in [4.78, 5) is 23.7. The van der Waals surface area contributed by atoms with Gasteiger partial charge in [0.2, 0.25) is 0 Å². The van der Waals surface area contributed by atoms with Crippen molar-refractivity contribution in [2.45, 2.75) is 33.6 Å². The summed E-state index contributed by atoms with van der Waals surface area (Å²) >= 11 is 0. The van der Waals surface area contributed by atoms with E-state index in [4.69, 9.17) is 4.74 Å². The van der Waals surface area contributed by atoms with Crippen LogP contribution in [0.4, 0.5) is 5.69 Å². The average molecular weight is 325 g/mol. The van der Waals surface area contributed by atoms with Gasteiger partial charge in [-0.05, 0) is 54.7 Å². The first kappa shape index (κ1) is 17.7. The van der Waals surface area contributed by atoms with E-state index in [-0.39, 0.29) is 18.9 Å². The third kappa shape index (κ3) is 5.23. The molecule has 126 valence electrons. The normalized spacial score (nSPS) is 10.3. The Balaban J connectivity index is 1.82. The maximum absolute atomic E-state index is 11.9. The van der Waals surface area contributed by atoms with Gasteiger partial charge in [-0.2, -0.15) is 0 Å². The predicted octanol–water partition coefficient (Wildman–Crippen LogP) is 3.59. The van der Waals surface area contributed by atoms with Crippen molar-refractivity contribution in [1.29, 1.82) is 0 Å². The first-order valence-corrected chi connectivity index (χ1v) is 8.08. The van der Waals surface area contributed by atoms with Gasteiger partial charge in [0.25, 0.3) is 5.91 Å². The number of benzene rings is 2. The first-order valence-electron chi connectivity index (χ1n) is 8.08. The molecule has 0 unspecified atom stereocenters. The molecule has 0 fully saturated rings. The molecular formula is C20H23NO3. The third-order valence-electron chi connectivity index (χ3n) is 3.90. The van der Waals surface area contributed by atoms with Crippen molar-refractivity contribution in [1.82, 2.24) is 0 Å². The number of carbonyl (C=O) groups is 2. The van der Waals surface area contributed by atoms with Crippen LogP contribution in [0, 0.1) is 13.8 Å². The second-order valence-corrected chi connectivity index (χ2v) is 5.86. The van der Waals surface area contributed by atoms with Crippen molar-refractivity contribution >= 4 is 17.6 Å². The molecule has 4 heteroatoms. The third-order valence-corrected chi connectivity index (χ3v) is 3.90. The molecule has 4 nitrogen and oxygen atoms in total. The topological polar surface area (TPSA) is 55.4 Å². The summed E-state index contributed by atoms with van der Waals surface area (Å²) in [5.41, 5.74) is 5.05. The summed E-state index contributed by atoms with van der Waals surface area (Å²) in [7, 11) is 0. The van der Waals surface area contributed by atoms with Gasteiger partial charge in [0.05, 0.1) is 6.42 Å². The molecule has 0 aliphatic heterocycles. The van der Waals surface area contributed by atoms with Gasteiger partial charge in [-0.15, -0.1) is 0 Å². The molecule has 1 amide bonds. The molecule has 2 rings (SSSR count). The smallest absolute Gasteiger partial charge is 0.310 e. The van der Waals surface area contributed by atoms with Crippen molar-refractivity contribution < 1.29 is 14.3 Å². The Morgan fingerprint density at radius 2 is 1.79 bits per heavy atom. The molecule has 2 aromatic carbocycles. The number of ether oxygens (including phenoxy) is 1. The summed E-state index contributed by atoms with van der Waals surface area (Å²) < 4.78 is 5.06. The van der Waals surface area contributed by atoms with Crippen LogP contribution in [0.1, 0.15) is 29.2 Å². The summed E-state index contributed by atoms with van der Waals surface area (Å²) in [5.74, 6) is -0.743. The lowest BCUT2D eigenvalue weighted by molar-refractivity contribution is -0.146. The van der Waals surface area contributed by atoms with Crippen LogP contribution in [0.3, 0.4) is 0 Å². The number of hydrogen-bond donors (Lipinski definition) is 1. The minimum atomic E-state index is -0.407. The number of esters is 1. The van der Waals surface area contributed by atoms with Crippen molar-refractivity contribution in [3.63, 3.8) is 0 Å². The Kier molecular flexibility index (Phi) is 6.13. The van der Waals surface area contributed by atoms with Gasteiger partial charge in [-0.1, -0.05) is 37.3 Å². The lowest BCUT2D eigenvalue weighted by atomic mass is 10.0. The standard InChI is InChI=1S/C20H23NO3/c1-4-16-6-5-7-18(11-16)21-19(22)13-24-20(23)12-17-9-8-14(2)15(3)10-17/h5-11H,4,12-13H2,1-3H3,(H,21,22). The van der Waals surface area contributed by atoms with E-state index in [1.54, 1.807) is 0 Å². The highest BCUT2D eigenvalue weighted by molar-refractivity contribution is 5.92. The van der Waals surface area contributed by atoms with Gasteiger partial charge < -0.3 is 10.1 Å². The monoisotopic (exact) mass is 325 g/mol. The fraction of sp³-hybridized carbons (Fsp3) is 0.300. The van der Waals surface area contributed by atoms with Gasteiger partial charge in [0, 0.05) is 5.69 Å². The van der Waals surface area contributed by atoms with Gasteiger partial charge in [0.15, 0.2) is 6.61 Å². The van der Waals surface area contributed by atoms with Gasteiger partial charge in [0.1, 0.15) is 0 Å². The molecule has 2 aromatic rings. The Hall–Kier alpha value is -2.62. The Morgan fingerprint density at radius 3 is 2.50 bits per heavy atom. The van der Waals surface area contributed by atoms with E-state index >= 15 is 0 Å². The number of amides is 1. The van der Waals surface area contributed by atoms with Gasteiger partial charge >= 0.3 is 5.97 Å². The van der Waals surface area contributed by atoms with E-state index in [2.05, 4.69) is 12.2 Å². The maximum atomic E-state index is 11.9. The fourth-order valence-electron chi connectivity index (χ4n) is 2.34. The molecule has 0 heterocycles. The Bertz CT molecular complexity index is 737. The molecule has 1 N–H and O–H groups in total. The zero-order valence-electron chi connectivity index (χ0n) is 14.4. The number of rotatable bonds is 6. The highest BCUT2D eigenvalue weighted by Gasteiger charge is 2.09. The molecule has 0 aliphatic rings. The van der Waals surface area contributed by atoms with Gasteiger partial charge in [-0.3, -0.25) is 9.59 Å². The van der Waals surface area contributed by atoms with Crippen molar-refractivity contribution in [2.24, 2.45) is 0 Å². The van der Waals surface area contributed by atoms with Crippen LogP contribution >= 0.6 is 0 Å². The number of anilines is 1. The number of aryl methyl sites for hydroxylation is 3. The molecule has 24 heavy (non-hydrogen) atoms. The van der Waals surface area contributed by atoms with Crippen LogP contribution < -0.4 is 5.32 Å². The largest absolute Gasteiger partial charge is 0.455 e. The molecule has 0 spiro atoms. The summed E-state index contributed by atoms with van der Waals surface area (Å²) in [6.07, 6.45) is 1.06. The highest BCUT2D eigenvalue weighted by Crippen LogP contribution is 2.12. The van der Waals surface area contributed by atoms with Gasteiger partial charge in [-0.25, -0.2) is 0 Å². The lowest BCUT2D eigenvalue weighted by Gasteiger charge is -2.08. The Labute approximate surface area is 142 Å². The second-order valence-electron chi connectivity index (χ2n) is 5.86. The summed E-state index contributed by atoms with van der Waals surface area (Å²) in [6, 6.07) is 13.5. The van der Waals surface area contributed by atoms with E-state index in [0.29, 0.717) is 5.69 Å². The number of carbonyl (C=O) groups excluding carboxylic acids is 2. The van der Waals surface area contributed by atoms with Crippen LogP contribution in [-0.4, -0.2) is 18.5 Å². The minimum Gasteiger partial charge on any atom is -0.455 e. The number of nitrogens with one attached hydrogen (secondary N) is 1. The molecule has 0 radical (unpaired) electrons. The van der Waals surface area contributed by atoms with E-state index in [0.717, 1.165) is 23.1 Å². The molecule has 0 saturated carbocycles. The second kappa shape index (κ2) is 8.29. The quantitative estimate of drug-likeness (QED) is 0.826. The van der Waals surface area contributed by atoms with E-state index < -0.39 is 5.97 Å². The van der Waals surface area contributed by atoms with E-state index in [9.17, 15) is 9.59 Å². The zero-order chi connectivity index (χ0) is 17.5. The van der Waals surface area contributed by atoms with Crippen LogP contribution in [0.15, 0.2) is 42.5 Å². The first-order chi connectivity index (χ1) is 11.5. The average Bonchev–Trinajstić information content (AvgIpc) is 2.56. The minimum absolute atomic E-state index is 0.166. The number of hydrogen-bond acceptors (Lipinski definition) is 3. The summed E-state index contributed by atoms with van der Waals surface area (Å²) in [6.45, 7) is 5.80. The maximum Gasteiger partial charge on any atom is 0.310 e. The Morgan fingerprint density at radius 1 is 1.00 bits per heavy atom. The van der Waals surface area contributed by atoms with E-state index in [1.807, 2.05) is 56.3 Å². The van der Waals surface area contributed by atoms with Crippen LogP contribution in [0.2, 0.25) is 0 Å². The SMILES string of the molecule is CCc1cccc(NC(=O)COC(=O)Cc2ccc(C)c(C)c2)c1. The van der Waals surface area contributed by atoms with Crippen molar-refractivity contribution in [3.8, 4) is 0 Å². The molecule has 0 atom stereocenters. The van der Waals surface area contributed by atoms with Crippen LogP contribution in [0.5, 0.6) is 0 Å². The highest BCUT2D eigenvalue weighted by atomic mass is 16.5. The fourth-order valence-corrected chi connectivity index (χ4v) is 2.34. The van der Waals surface area contributed by atoms with Crippen LogP contribution in [-0.2, 0) is 27.2 Å². The zero-order valence-corrected chi connectivity index (χ0v) is 14.4. The van der Waals surface area contributed by atoms with Crippen molar-refractivity contribution in [3.05, 3.63) is 64.7 Å². The van der Waals surface area contributed by atoms with Crippen molar-refractivity contribution in [2.75, 3.05) is 11.9 Å².